The molecule has 31 heavy (non-hydrogen) atoms. The van der Waals surface area contributed by atoms with E-state index in [1.54, 1.807) is 18.3 Å². The topological polar surface area (TPSA) is 84.2 Å². The summed E-state index contributed by atoms with van der Waals surface area (Å²) in [6.07, 6.45) is 4.09. The van der Waals surface area contributed by atoms with Crippen LogP contribution >= 0.6 is 0 Å². The van der Waals surface area contributed by atoms with Crippen LogP contribution in [0.25, 0.3) is 11.4 Å². The molecule has 3 aromatic rings. The first-order valence-electron chi connectivity index (χ1n) is 10.6. The van der Waals surface area contributed by atoms with Crippen LogP contribution in [0.3, 0.4) is 0 Å². The number of hydrogen-bond acceptors (Lipinski definition) is 6. The number of carbonyl (C=O) groups excluding carboxylic acids is 1. The minimum Gasteiger partial charge on any atom is -0.355 e. The number of halogens is 1. The first-order chi connectivity index (χ1) is 15.0. The number of benzene rings is 1. The van der Waals surface area contributed by atoms with Crippen molar-refractivity contribution in [1.82, 2.24) is 20.4 Å². The van der Waals surface area contributed by atoms with Crippen molar-refractivity contribution < 1.29 is 13.7 Å². The summed E-state index contributed by atoms with van der Waals surface area (Å²) in [5.74, 6) is 1.39. The highest BCUT2D eigenvalue weighted by molar-refractivity contribution is 5.80. The lowest BCUT2D eigenvalue weighted by Gasteiger charge is -2.34. The number of carbonyl (C=O) groups is 1. The molecule has 0 spiro atoms. The summed E-state index contributed by atoms with van der Waals surface area (Å²) in [5.41, 5.74) is 1.67. The molecule has 4 rings (SSSR count). The van der Waals surface area contributed by atoms with Crippen molar-refractivity contribution in [1.29, 1.82) is 0 Å². The smallest absolute Gasteiger partial charge is 0.226 e. The summed E-state index contributed by atoms with van der Waals surface area (Å²) in [7, 11) is 0. The quantitative estimate of drug-likeness (QED) is 0.647. The van der Waals surface area contributed by atoms with E-state index in [9.17, 15) is 9.18 Å². The number of aromatic nitrogens is 3. The number of rotatable bonds is 6. The highest BCUT2D eigenvalue weighted by Crippen LogP contribution is 2.30. The van der Waals surface area contributed by atoms with Gasteiger partial charge in [0.15, 0.2) is 0 Å². The van der Waals surface area contributed by atoms with Gasteiger partial charge in [-0.15, -0.1) is 0 Å². The maximum absolute atomic E-state index is 13.2. The molecule has 0 aliphatic carbocycles. The Bertz CT molecular complexity index is 1040. The predicted molar refractivity (Wildman–Crippen MR) is 115 cm³/mol. The highest BCUT2D eigenvalue weighted by Gasteiger charge is 2.29. The second kappa shape index (κ2) is 9.24. The van der Waals surface area contributed by atoms with Crippen LogP contribution in [0.15, 0.2) is 47.1 Å². The molecular formula is C23H26FN5O2. The molecule has 1 N–H and O–H groups in total. The normalized spacial score (nSPS) is 17.4. The van der Waals surface area contributed by atoms with Gasteiger partial charge in [-0.1, -0.05) is 24.2 Å². The molecule has 2 atom stereocenters. The van der Waals surface area contributed by atoms with Crippen LogP contribution in [0.4, 0.5) is 10.2 Å². The molecule has 8 heteroatoms. The lowest BCUT2D eigenvalue weighted by atomic mass is 9.96. The predicted octanol–water partition coefficient (Wildman–Crippen LogP) is 3.93. The third-order valence-corrected chi connectivity index (χ3v) is 5.62. The maximum Gasteiger partial charge on any atom is 0.226 e. The zero-order valence-corrected chi connectivity index (χ0v) is 17.7. The third kappa shape index (κ3) is 4.73. The summed E-state index contributed by atoms with van der Waals surface area (Å²) in [6.45, 7) is 5.23. The molecule has 162 valence electrons. The number of pyridine rings is 1. The first kappa shape index (κ1) is 21.0. The summed E-state index contributed by atoms with van der Waals surface area (Å²) in [5, 5.41) is 7.15. The first-order valence-corrected chi connectivity index (χ1v) is 10.6. The monoisotopic (exact) mass is 423 g/mol. The average Bonchev–Trinajstić information content (AvgIpc) is 3.29. The van der Waals surface area contributed by atoms with Crippen LogP contribution in [-0.4, -0.2) is 34.1 Å². The van der Waals surface area contributed by atoms with E-state index in [0.717, 1.165) is 36.3 Å². The second-order valence-corrected chi connectivity index (χ2v) is 7.81. The molecule has 1 aliphatic heterocycles. The van der Waals surface area contributed by atoms with Crippen LogP contribution in [0, 0.1) is 11.7 Å². The van der Waals surface area contributed by atoms with Crippen LogP contribution in [0.1, 0.15) is 44.2 Å². The minimum absolute atomic E-state index is 0.00756. The number of hydrogen-bond donors (Lipinski definition) is 1. The standard InChI is InChI=1S/C23H26FN5O2/c1-3-20-27-21(28-31-20)19-7-4-12-25-22(19)29-13-5-6-17(14-29)23(30)26-15(2)16-8-10-18(24)11-9-16/h4,7-12,15,17H,3,5-6,13-14H2,1-2H3,(H,26,30)/t15-,17+/m1/s1. The van der Waals surface area contributed by atoms with Gasteiger partial charge < -0.3 is 14.7 Å². The average molecular weight is 423 g/mol. The van der Waals surface area contributed by atoms with E-state index in [-0.39, 0.29) is 23.7 Å². The Morgan fingerprint density at radius 2 is 2.13 bits per heavy atom. The molecule has 0 radical (unpaired) electrons. The maximum atomic E-state index is 13.2. The van der Waals surface area contributed by atoms with Gasteiger partial charge in [0, 0.05) is 25.7 Å². The van der Waals surface area contributed by atoms with E-state index < -0.39 is 0 Å². The molecule has 1 fully saturated rings. The number of piperidine rings is 1. The van der Waals surface area contributed by atoms with Gasteiger partial charge in [-0.2, -0.15) is 4.98 Å². The van der Waals surface area contributed by atoms with Crippen molar-refractivity contribution in [3.05, 3.63) is 59.9 Å². The molecule has 1 amide bonds. The summed E-state index contributed by atoms with van der Waals surface area (Å²) in [4.78, 5) is 24.1. The molecule has 0 unspecified atom stereocenters. The summed E-state index contributed by atoms with van der Waals surface area (Å²) in [6, 6.07) is 9.79. The Morgan fingerprint density at radius 1 is 1.32 bits per heavy atom. The second-order valence-electron chi connectivity index (χ2n) is 7.81. The molecule has 0 bridgehead atoms. The molecule has 1 aromatic carbocycles. The van der Waals surface area contributed by atoms with Crippen molar-refractivity contribution in [3.63, 3.8) is 0 Å². The van der Waals surface area contributed by atoms with Crippen LogP contribution in [0.2, 0.25) is 0 Å². The van der Waals surface area contributed by atoms with E-state index in [2.05, 4.69) is 25.3 Å². The van der Waals surface area contributed by atoms with Crippen molar-refractivity contribution in [2.75, 3.05) is 18.0 Å². The molecule has 7 nitrogen and oxygen atoms in total. The Hall–Kier alpha value is -3.29. The molecule has 0 saturated carbocycles. The van der Waals surface area contributed by atoms with Gasteiger partial charge in [0.1, 0.15) is 11.6 Å². The fourth-order valence-electron chi connectivity index (χ4n) is 3.88. The van der Waals surface area contributed by atoms with E-state index in [1.807, 2.05) is 26.0 Å². The number of anilines is 1. The molecule has 3 heterocycles. The number of nitrogens with one attached hydrogen (secondary N) is 1. The molecule has 2 aromatic heterocycles. The van der Waals surface area contributed by atoms with E-state index in [4.69, 9.17) is 4.52 Å². The van der Waals surface area contributed by atoms with Gasteiger partial charge in [-0.3, -0.25) is 4.79 Å². The summed E-state index contributed by atoms with van der Waals surface area (Å²) >= 11 is 0. The fraction of sp³-hybridized carbons (Fsp3) is 0.391. The number of nitrogens with zero attached hydrogens (tertiary/aromatic N) is 4. The molecule has 1 aliphatic rings. The lowest BCUT2D eigenvalue weighted by molar-refractivity contribution is -0.125. The number of amides is 1. The minimum atomic E-state index is -0.288. The van der Waals surface area contributed by atoms with E-state index >= 15 is 0 Å². The van der Waals surface area contributed by atoms with Gasteiger partial charge in [0.05, 0.1) is 17.5 Å². The Labute approximate surface area is 180 Å². The highest BCUT2D eigenvalue weighted by atomic mass is 19.1. The zero-order chi connectivity index (χ0) is 21.8. The molecule has 1 saturated heterocycles. The van der Waals surface area contributed by atoms with Gasteiger partial charge in [-0.25, -0.2) is 9.37 Å². The van der Waals surface area contributed by atoms with Crippen LogP contribution in [0.5, 0.6) is 0 Å². The van der Waals surface area contributed by atoms with Crippen molar-refractivity contribution in [2.24, 2.45) is 5.92 Å². The summed E-state index contributed by atoms with van der Waals surface area (Å²) < 4.78 is 18.4. The van der Waals surface area contributed by atoms with Gasteiger partial charge in [0.2, 0.25) is 17.6 Å². The fourth-order valence-corrected chi connectivity index (χ4v) is 3.88. The Kier molecular flexibility index (Phi) is 6.25. The van der Waals surface area contributed by atoms with Gasteiger partial charge in [0.25, 0.3) is 0 Å². The van der Waals surface area contributed by atoms with Crippen molar-refractivity contribution >= 4 is 11.7 Å². The van der Waals surface area contributed by atoms with Crippen LogP contribution in [-0.2, 0) is 11.2 Å². The van der Waals surface area contributed by atoms with Gasteiger partial charge in [-0.05, 0) is 49.6 Å². The van der Waals surface area contributed by atoms with E-state index in [1.165, 1.54) is 12.1 Å². The van der Waals surface area contributed by atoms with Gasteiger partial charge >= 0.3 is 0 Å². The van der Waals surface area contributed by atoms with Crippen LogP contribution < -0.4 is 10.2 Å². The Morgan fingerprint density at radius 3 is 2.87 bits per heavy atom. The Balaban J connectivity index is 1.47. The molecular weight excluding hydrogens is 397 g/mol. The zero-order valence-electron chi connectivity index (χ0n) is 17.7. The third-order valence-electron chi connectivity index (χ3n) is 5.62. The van der Waals surface area contributed by atoms with Crippen molar-refractivity contribution in [2.45, 2.75) is 39.2 Å². The van der Waals surface area contributed by atoms with Crippen molar-refractivity contribution in [3.8, 4) is 11.4 Å². The lowest BCUT2D eigenvalue weighted by Crippen LogP contribution is -2.44. The largest absolute Gasteiger partial charge is 0.355 e. The SMILES string of the molecule is CCc1nc(-c2cccnc2N2CCC[C@H](C(=O)N[C@H](C)c3ccc(F)cc3)C2)no1. The van der Waals surface area contributed by atoms with E-state index in [0.29, 0.717) is 24.7 Å². The number of aryl methyl sites for hydroxylation is 1.